The summed E-state index contributed by atoms with van der Waals surface area (Å²) in [5.74, 6) is -0.116. The fourth-order valence-electron chi connectivity index (χ4n) is 2.03. The van der Waals surface area contributed by atoms with Crippen LogP contribution in [0.15, 0.2) is 36.4 Å². The summed E-state index contributed by atoms with van der Waals surface area (Å²) in [6, 6.07) is 5.05. The van der Waals surface area contributed by atoms with Gasteiger partial charge in [-0.15, -0.1) is 0 Å². The first kappa shape index (κ1) is 25.1. The van der Waals surface area contributed by atoms with Gasteiger partial charge in [-0.3, -0.25) is 14.9 Å². The van der Waals surface area contributed by atoms with E-state index < -0.39 is 11.1 Å². The average molecular weight is 425 g/mol. The van der Waals surface area contributed by atoms with Gasteiger partial charge in [-0.05, 0) is 25.0 Å². The van der Waals surface area contributed by atoms with E-state index in [2.05, 4.69) is 0 Å². The third-order valence-corrected chi connectivity index (χ3v) is 3.48. The number of benzene rings is 1. The molecule has 0 atom stereocenters. The molecule has 0 unspecified atom stereocenters. The molecule has 0 heterocycles. The van der Waals surface area contributed by atoms with E-state index in [0.29, 0.717) is 39.3 Å². The zero-order valence-electron chi connectivity index (χ0n) is 16.9. The Morgan fingerprint density at radius 2 is 1.63 bits per heavy atom. The van der Waals surface area contributed by atoms with Crippen molar-refractivity contribution < 1.29 is 38.2 Å². The lowest BCUT2D eigenvalue weighted by molar-refractivity contribution is -0.384. The van der Waals surface area contributed by atoms with Crippen molar-refractivity contribution in [2.45, 2.75) is 26.2 Å². The van der Waals surface area contributed by atoms with Crippen molar-refractivity contribution in [2.75, 3.05) is 39.6 Å². The summed E-state index contributed by atoms with van der Waals surface area (Å²) in [6.07, 6.45) is 4.58. The van der Waals surface area contributed by atoms with E-state index in [0.717, 1.165) is 6.42 Å². The van der Waals surface area contributed by atoms with E-state index in [1.54, 1.807) is 0 Å². The molecule has 0 saturated heterocycles. The van der Waals surface area contributed by atoms with Crippen molar-refractivity contribution in [3.63, 3.8) is 0 Å². The topological polar surface area (TPSA) is 123 Å². The van der Waals surface area contributed by atoms with Gasteiger partial charge in [0.25, 0.3) is 5.69 Å². The first-order chi connectivity index (χ1) is 14.5. The number of non-ortho nitro benzene ring substituents is 1. The predicted molar refractivity (Wildman–Crippen MR) is 106 cm³/mol. The number of rotatable bonds is 15. The van der Waals surface area contributed by atoms with E-state index >= 15 is 0 Å². The lowest BCUT2D eigenvalue weighted by atomic mass is 10.3. The van der Waals surface area contributed by atoms with E-state index in [1.165, 1.54) is 24.3 Å². The Kier molecular flexibility index (Phi) is 13.3. The summed E-state index contributed by atoms with van der Waals surface area (Å²) in [5, 5.41) is 10.5. The van der Waals surface area contributed by atoms with Crippen LogP contribution < -0.4 is 4.74 Å². The van der Waals surface area contributed by atoms with E-state index in [1.807, 2.05) is 19.1 Å². The Morgan fingerprint density at radius 3 is 2.30 bits per heavy atom. The molecule has 10 nitrogen and oxygen atoms in total. The molecular weight excluding hydrogens is 398 g/mol. The highest BCUT2D eigenvalue weighted by molar-refractivity contribution is 5.69. The lowest BCUT2D eigenvalue weighted by Gasteiger charge is -2.07. The molecule has 0 amide bonds. The van der Waals surface area contributed by atoms with Crippen LogP contribution in [0.2, 0.25) is 0 Å². The maximum atomic E-state index is 11.5. The molecule has 0 aliphatic heterocycles. The van der Waals surface area contributed by atoms with Crippen LogP contribution in [-0.2, 0) is 23.7 Å². The zero-order chi connectivity index (χ0) is 22.0. The molecule has 10 heteroatoms. The molecule has 30 heavy (non-hydrogen) atoms. The molecule has 0 spiro atoms. The largest absolute Gasteiger partial charge is 0.513 e. The van der Waals surface area contributed by atoms with Gasteiger partial charge in [0.2, 0.25) is 0 Å². The number of hydrogen-bond donors (Lipinski definition) is 0. The second kappa shape index (κ2) is 15.9. The molecular formula is C20H27NO9. The maximum absolute atomic E-state index is 11.5. The summed E-state index contributed by atoms with van der Waals surface area (Å²) in [6.45, 7) is 3.53. The number of carbonyl (C=O) groups is 2. The molecule has 0 aliphatic rings. The first-order valence-electron chi connectivity index (χ1n) is 9.58. The van der Waals surface area contributed by atoms with Crippen LogP contribution in [0.4, 0.5) is 10.5 Å². The predicted octanol–water partition coefficient (Wildman–Crippen LogP) is 3.43. The molecule has 0 saturated carbocycles. The number of carbonyl (C=O) groups excluding carboxylic acids is 2. The Morgan fingerprint density at radius 1 is 0.967 bits per heavy atom. The highest BCUT2D eigenvalue weighted by atomic mass is 16.7. The van der Waals surface area contributed by atoms with Crippen LogP contribution in [0.1, 0.15) is 26.2 Å². The molecule has 0 radical (unpaired) electrons. The average Bonchev–Trinajstić information content (AvgIpc) is 2.73. The van der Waals surface area contributed by atoms with Crippen molar-refractivity contribution in [2.24, 2.45) is 0 Å². The van der Waals surface area contributed by atoms with Gasteiger partial charge in [0.1, 0.15) is 19.0 Å². The van der Waals surface area contributed by atoms with Crippen LogP contribution in [-0.4, -0.2) is 56.7 Å². The second-order valence-electron chi connectivity index (χ2n) is 5.84. The zero-order valence-corrected chi connectivity index (χ0v) is 16.9. The fourth-order valence-corrected chi connectivity index (χ4v) is 2.03. The third kappa shape index (κ3) is 12.5. The molecule has 1 rings (SSSR count). The molecule has 1 aromatic rings. The second-order valence-corrected chi connectivity index (χ2v) is 5.84. The Bertz CT molecular complexity index is 673. The number of nitro benzene ring substituents is 1. The Balaban J connectivity index is 1.94. The van der Waals surface area contributed by atoms with Gasteiger partial charge in [-0.25, -0.2) is 4.79 Å². The molecule has 0 aromatic heterocycles. The SMILES string of the molecule is CC/C=C\COC(=O)CCCOCCOCCOC(=O)Oc1ccc([N+](=O)[O-])cc1. The van der Waals surface area contributed by atoms with Crippen molar-refractivity contribution in [1.29, 1.82) is 0 Å². The van der Waals surface area contributed by atoms with Crippen molar-refractivity contribution in [3.8, 4) is 5.75 Å². The van der Waals surface area contributed by atoms with E-state index in [-0.39, 0.29) is 30.6 Å². The maximum Gasteiger partial charge on any atom is 0.513 e. The summed E-state index contributed by atoms with van der Waals surface area (Å²) >= 11 is 0. The fraction of sp³-hybridized carbons (Fsp3) is 0.500. The third-order valence-electron chi connectivity index (χ3n) is 3.48. The molecule has 0 aliphatic carbocycles. The minimum Gasteiger partial charge on any atom is -0.461 e. The quantitative estimate of drug-likeness (QED) is 0.104. The number of esters is 1. The van der Waals surface area contributed by atoms with Crippen LogP contribution in [0.25, 0.3) is 0 Å². The van der Waals surface area contributed by atoms with Crippen LogP contribution in [0.3, 0.4) is 0 Å². The number of ether oxygens (including phenoxy) is 5. The number of allylic oxidation sites excluding steroid dienone is 1. The standard InChI is InChI=1S/C20H27NO9/c1-2-3-4-12-28-19(22)6-5-11-26-13-14-27-15-16-29-20(23)30-18-9-7-17(8-10-18)21(24)25/h3-4,7-10H,2,5-6,11-16H2,1H3/b4-3-. The molecule has 166 valence electrons. The van der Waals surface area contributed by atoms with Gasteiger partial charge in [0.15, 0.2) is 0 Å². The minimum absolute atomic E-state index is 0.00979. The lowest BCUT2D eigenvalue weighted by Crippen LogP contribution is -2.16. The van der Waals surface area contributed by atoms with E-state index in [9.17, 15) is 19.7 Å². The highest BCUT2D eigenvalue weighted by Crippen LogP contribution is 2.17. The number of nitrogens with zero attached hydrogens (tertiary/aromatic N) is 1. The van der Waals surface area contributed by atoms with Gasteiger partial charge >= 0.3 is 12.1 Å². The number of nitro groups is 1. The Hall–Kier alpha value is -2.98. The van der Waals surface area contributed by atoms with Crippen molar-refractivity contribution >= 4 is 17.8 Å². The Labute approximate surface area is 174 Å². The van der Waals surface area contributed by atoms with Gasteiger partial charge in [0.05, 0.1) is 24.7 Å². The van der Waals surface area contributed by atoms with Gasteiger partial charge < -0.3 is 23.7 Å². The van der Waals surface area contributed by atoms with Crippen molar-refractivity contribution in [3.05, 3.63) is 46.5 Å². The summed E-state index contributed by atoms with van der Waals surface area (Å²) < 4.78 is 25.3. The smallest absolute Gasteiger partial charge is 0.461 e. The molecule has 0 bridgehead atoms. The van der Waals surface area contributed by atoms with Crippen LogP contribution in [0.5, 0.6) is 5.75 Å². The van der Waals surface area contributed by atoms with Crippen LogP contribution >= 0.6 is 0 Å². The van der Waals surface area contributed by atoms with Crippen LogP contribution in [0, 0.1) is 10.1 Å². The molecule has 0 N–H and O–H groups in total. The van der Waals surface area contributed by atoms with Gasteiger partial charge in [0, 0.05) is 25.2 Å². The molecule has 0 fully saturated rings. The monoisotopic (exact) mass is 425 g/mol. The van der Waals surface area contributed by atoms with Crippen molar-refractivity contribution in [1.82, 2.24) is 0 Å². The summed E-state index contributed by atoms with van der Waals surface area (Å²) in [4.78, 5) is 32.9. The number of hydrogen-bond acceptors (Lipinski definition) is 9. The summed E-state index contributed by atoms with van der Waals surface area (Å²) in [5.41, 5.74) is -0.105. The van der Waals surface area contributed by atoms with Gasteiger partial charge in [-0.2, -0.15) is 0 Å². The first-order valence-corrected chi connectivity index (χ1v) is 9.58. The molecule has 1 aromatic carbocycles. The normalized spacial score (nSPS) is 10.7. The minimum atomic E-state index is -0.930. The highest BCUT2D eigenvalue weighted by Gasteiger charge is 2.09. The van der Waals surface area contributed by atoms with Gasteiger partial charge in [-0.1, -0.05) is 19.1 Å². The van der Waals surface area contributed by atoms with E-state index in [4.69, 9.17) is 23.7 Å². The summed E-state index contributed by atoms with van der Waals surface area (Å²) in [7, 11) is 0.